The first-order chi connectivity index (χ1) is 39.5. The number of rotatable bonds is 32. The number of aromatic nitrogens is 4. The Morgan fingerprint density at radius 3 is 0.762 bits per heavy atom. The summed E-state index contributed by atoms with van der Waals surface area (Å²) < 4.78 is 25.8. The van der Waals surface area contributed by atoms with Gasteiger partial charge in [-0.1, -0.05) is 164 Å². The molecule has 0 fully saturated rings. The van der Waals surface area contributed by atoms with Crippen LogP contribution in [0, 0.1) is 0 Å². The molecule has 80 heavy (non-hydrogen) atoms. The van der Waals surface area contributed by atoms with Crippen LogP contribution in [0.4, 0.5) is 0 Å². The van der Waals surface area contributed by atoms with E-state index in [1.165, 1.54) is 51.4 Å². The Morgan fingerprint density at radius 1 is 0.287 bits per heavy atom. The number of ether oxygens (including phenoxy) is 4. The van der Waals surface area contributed by atoms with Gasteiger partial charge in [-0.2, -0.15) is 0 Å². The fourth-order valence-corrected chi connectivity index (χ4v) is 11.9. The summed E-state index contributed by atoms with van der Waals surface area (Å²) in [5.41, 5.74) is 14.9. The normalized spacial score (nSPS) is 11.8. The topological polar surface area (TPSA) is 94.3 Å². The lowest BCUT2D eigenvalue weighted by Gasteiger charge is -2.11. The van der Waals surface area contributed by atoms with Crippen molar-refractivity contribution in [3.63, 3.8) is 0 Å². The molecule has 0 amide bonds. The fourth-order valence-electron chi connectivity index (χ4n) is 10.3. The van der Waals surface area contributed by atoms with E-state index in [-0.39, 0.29) is 0 Å². The average molecular weight is 1330 g/mol. The molecule has 0 unspecified atom stereocenters. The highest BCUT2D eigenvalue weighted by Gasteiger charge is 2.20. The van der Waals surface area contributed by atoms with Crippen molar-refractivity contribution < 1.29 is 18.9 Å². The Hall–Kier alpha value is -5.40. The van der Waals surface area contributed by atoms with Gasteiger partial charge in [0.15, 0.2) is 0 Å². The van der Waals surface area contributed by atoms with Gasteiger partial charge in [0.2, 0.25) is 0 Å². The van der Waals surface area contributed by atoms with Crippen molar-refractivity contribution in [2.24, 2.45) is 0 Å². The number of alkyl halides is 4. The summed E-state index contributed by atoms with van der Waals surface area (Å²) in [4.78, 5) is 19.1. The lowest BCUT2D eigenvalue weighted by molar-refractivity contribution is 0.305. The number of nitrogens with one attached hydrogen (secondary N) is 2. The van der Waals surface area contributed by atoms with Crippen molar-refractivity contribution in [3.8, 4) is 67.5 Å². The molecule has 8 bridgehead atoms. The molecule has 3 aromatic heterocycles. The molecule has 418 valence electrons. The van der Waals surface area contributed by atoms with Gasteiger partial charge in [0.05, 0.1) is 49.2 Å². The molecule has 4 aromatic carbocycles. The quantitative estimate of drug-likeness (QED) is 0.0322. The summed E-state index contributed by atoms with van der Waals surface area (Å²) in [6.07, 6.45) is 26.6. The van der Waals surface area contributed by atoms with Crippen LogP contribution in [0.15, 0.2) is 121 Å². The zero-order valence-corrected chi connectivity index (χ0v) is 52.2. The van der Waals surface area contributed by atoms with Gasteiger partial charge in [0, 0.05) is 65.6 Å². The first-order valence-corrected chi connectivity index (χ1v) is 33.3. The van der Waals surface area contributed by atoms with Gasteiger partial charge in [-0.15, -0.1) is 0 Å². The summed E-state index contributed by atoms with van der Waals surface area (Å²) in [5, 5.41) is 4.12. The Kier molecular flexibility index (Phi) is 23.5. The Bertz CT molecular complexity index is 2920. The highest BCUT2D eigenvalue weighted by molar-refractivity contribution is 9.09. The molecule has 8 nitrogen and oxygen atoms in total. The van der Waals surface area contributed by atoms with E-state index < -0.39 is 0 Å². The summed E-state index contributed by atoms with van der Waals surface area (Å²) in [6, 6.07) is 42.6. The molecular formula is C68H74Br4N4O4. The molecular weight excluding hydrogens is 1260 g/mol. The number of aromatic amines is 2. The molecule has 2 aliphatic heterocycles. The third kappa shape index (κ3) is 16.4. The second-order valence-electron chi connectivity index (χ2n) is 20.4. The van der Waals surface area contributed by atoms with Crippen LogP contribution >= 0.6 is 63.7 Å². The maximum Gasteiger partial charge on any atom is 0.119 e. The molecule has 0 saturated carbocycles. The Balaban J connectivity index is 1.25. The molecule has 0 spiro atoms. The van der Waals surface area contributed by atoms with Crippen molar-refractivity contribution in [3.05, 3.63) is 144 Å². The van der Waals surface area contributed by atoms with E-state index in [9.17, 15) is 0 Å². The van der Waals surface area contributed by atoms with Crippen molar-refractivity contribution in [2.45, 2.75) is 103 Å². The van der Waals surface area contributed by atoms with Crippen molar-refractivity contribution in [2.75, 3.05) is 47.7 Å². The van der Waals surface area contributed by atoms with Gasteiger partial charge < -0.3 is 28.9 Å². The number of halogens is 4. The number of hydrogen-bond acceptors (Lipinski definition) is 6. The predicted molar refractivity (Wildman–Crippen MR) is 352 cm³/mol. The molecule has 0 atom stereocenters. The maximum absolute atomic E-state index is 6.46. The van der Waals surface area contributed by atoms with Crippen LogP contribution in [0.3, 0.4) is 0 Å². The molecule has 0 radical (unpaired) electrons. The van der Waals surface area contributed by atoms with Crippen LogP contribution in [-0.4, -0.2) is 67.7 Å². The number of fused-ring (bicyclic) bond motifs is 8. The van der Waals surface area contributed by atoms with Gasteiger partial charge in [0.25, 0.3) is 0 Å². The number of unbranched alkanes of at least 4 members (excludes halogenated alkanes) is 12. The lowest BCUT2D eigenvalue weighted by atomic mass is 10.0. The standard InChI is InChI=1S/C68H74Br4N4O4/c69-37-9-1-5-13-41-77-53-25-17-21-49(45-53)65-57-29-31-59(73-57)66(50-22-18-26-54(46-50)78-42-14-6-2-10-38-70)61-33-35-63(75-61)68(52-24-20-28-56(48-52)80-44-16-8-4-12-40-72)64-36-34-62(76-64)67(60-32-30-58(65)74-60)51-23-19-27-55(47-51)79-43-15-7-3-11-39-71/h17-36,45-48,73,76H,1-16,37-44H2. The third-order valence-corrected chi connectivity index (χ3v) is 16.7. The van der Waals surface area contributed by atoms with E-state index in [0.29, 0.717) is 26.4 Å². The molecule has 12 heteroatoms. The smallest absolute Gasteiger partial charge is 0.119 e. The zero-order valence-electron chi connectivity index (χ0n) is 45.9. The molecule has 9 rings (SSSR count). The molecule has 5 heterocycles. The van der Waals surface area contributed by atoms with E-state index in [2.05, 4.69) is 219 Å². The summed E-state index contributed by atoms with van der Waals surface area (Å²) in [5.74, 6) is 3.33. The highest BCUT2D eigenvalue weighted by Crippen LogP contribution is 2.40. The number of benzene rings is 4. The van der Waals surface area contributed by atoms with Crippen molar-refractivity contribution in [1.82, 2.24) is 19.9 Å². The van der Waals surface area contributed by atoms with Gasteiger partial charge in [-0.05, 0) is 171 Å². The first kappa shape index (κ1) is 59.2. The first-order valence-electron chi connectivity index (χ1n) is 28.9. The minimum atomic E-state index is 0.659. The van der Waals surface area contributed by atoms with Crippen molar-refractivity contribution in [1.29, 1.82) is 0 Å². The minimum Gasteiger partial charge on any atom is -0.494 e. The van der Waals surface area contributed by atoms with Crippen LogP contribution in [-0.2, 0) is 0 Å². The molecule has 2 N–H and O–H groups in total. The second-order valence-corrected chi connectivity index (χ2v) is 23.6. The molecule has 0 aliphatic carbocycles. The van der Waals surface area contributed by atoms with Crippen LogP contribution in [0.25, 0.3) is 90.9 Å². The van der Waals surface area contributed by atoms with Crippen molar-refractivity contribution >= 4 is 110 Å². The molecule has 0 saturated heterocycles. The minimum absolute atomic E-state index is 0.659. The number of hydrogen-bond donors (Lipinski definition) is 2. The van der Waals surface area contributed by atoms with Crippen LogP contribution in [0.2, 0.25) is 0 Å². The van der Waals surface area contributed by atoms with E-state index in [1.807, 2.05) is 0 Å². The van der Waals surface area contributed by atoms with Crippen LogP contribution in [0.5, 0.6) is 23.0 Å². The highest BCUT2D eigenvalue weighted by atomic mass is 79.9. The Labute approximate surface area is 507 Å². The fraction of sp³-hybridized carbons (Fsp3) is 0.353. The van der Waals surface area contributed by atoms with Gasteiger partial charge in [-0.3, -0.25) is 0 Å². The van der Waals surface area contributed by atoms with E-state index in [4.69, 9.17) is 28.9 Å². The van der Waals surface area contributed by atoms with Gasteiger partial charge in [0.1, 0.15) is 23.0 Å². The summed E-state index contributed by atoms with van der Waals surface area (Å²) >= 11 is 14.3. The number of H-pyrrole nitrogens is 2. The maximum atomic E-state index is 6.46. The van der Waals surface area contributed by atoms with Gasteiger partial charge in [-0.25, -0.2) is 9.97 Å². The van der Waals surface area contributed by atoms with Crippen LogP contribution in [0.1, 0.15) is 126 Å². The van der Waals surface area contributed by atoms with E-state index in [1.54, 1.807) is 0 Å². The summed E-state index contributed by atoms with van der Waals surface area (Å²) in [7, 11) is 0. The average Bonchev–Trinajstić information content (AvgIpc) is 4.35. The predicted octanol–water partition coefficient (Wildman–Crippen LogP) is 20.7. The van der Waals surface area contributed by atoms with E-state index >= 15 is 0 Å². The Morgan fingerprint density at radius 2 is 0.525 bits per heavy atom. The summed E-state index contributed by atoms with van der Waals surface area (Å²) in [6.45, 7) is 2.64. The molecule has 2 aliphatic rings. The monoisotopic (exact) mass is 1330 g/mol. The lowest BCUT2D eigenvalue weighted by Crippen LogP contribution is -1.98. The van der Waals surface area contributed by atoms with E-state index in [0.717, 1.165) is 185 Å². The van der Waals surface area contributed by atoms with Gasteiger partial charge >= 0.3 is 0 Å². The third-order valence-electron chi connectivity index (χ3n) is 14.4. The number of nitrogens with zero attached hydrogens (tertiary/aromatic N) is 2. The zero-order chi connectivity index (χ0) is 55.1. The molecule has 7 aromatic rings. The largest absolute Gasteiger partial charge is 0.494 e. The van der Waals surface area contributed by atoms with Crippen LogP contribution < -0.4 is 18.9 Å². The second kappa shape index (κ2) is 31.7. The SMILES string of the molecule is BrCCCCCCOc1cccc(-c2c3nc(c(-c4cccc(OCCCCCCBr)c4)c4ccc([nH]4)c(-c4cccc(OCCCCCCBr)c4)c4nc(c(-c5cccc(OCCCCCCBr)c5)c5ccc2[nH]5)C=C4)C=C3)c1.